The van der Waals surface area contributed by atoms with Gasteiger partial charge in [-0.2, -0.15) is 0 Å². The Balaban J connectivity index is 2.07. The first-order valence-corrected chi connectivity index (χ1v) is 9.01. The van der Waals surface area contributed by atoms with E-state index in [4.69, 9.17) is 28.0 Å². The Hall–Kier alpha value is -0.740. The van der Waals surface area contributed by atoms with Crippen LogP contribution in [0.25, 0.3) is 0 Å². The molecule has 2 heterocycles. The molecule has 2 saturated heterocycles. The fourth-order valence-electron chi connectivity index (χ4n) is 4.22. The maximum absolute atomic E-state index is 6.27. The first-order chi connectivity index (χ1) is 11.1. The fourth-order valence-corrected chi connectivity index (χ4v) is 4.52. The van der Waals surface area contributed by atoms with Gasteiger partial charge in [0.1, 0.15) is 0 Å². The second-order valence-corrected chi connectivity index (χ2v) is 7.28. The van der Waals surface area contributed by atoms with Crippen LogP contribution in [0.1, 0.15) is 44.1 Å². The molecule has 2 bridgehead atoms. The topological polar surface area (TPSA) is 24.5 Å². The van der Waals surface area contributed by atoms with Gasteiger partial charge >= 0.3 is 0 Å². The van der Waals surface area contributed by atoms with E-state index in [9.17, 15) is 0 Å². The second-order valence-electron chi connectivity index (χ2n) is 6.47. The summed E-state index contributed by atoms with van der Waals surface area (Å²) in [7, 11) is 3.92. The summed E-state index contributed by atoms with van der Waals surface area (Å²) in [6.07, 6.45) is 4.51. The minimum atomic E-state index is 0.371. The van der Waals surface area contributed by atoms with E-state index in [-0.39, 0.29) is 0 Å². The van der Waals surface area contributed by atoms with Crippen LogP contribution in [0.15, 0.2) is 29.5 Å². The molecule has 0 radical (unpaired) electrons. The number of benzene rings is 1. The van der Waals surface area contributed by atoms with Crippen LogP contribution in [-0.2, 0) is 4.84 Å². The molecule has 0 aromatic heterocycles. The van der Waals surface area contributed by atoms with Gasteiger partial charge in [0.15, 0.2) is 0 Å². The Morgan fingerprint density at radius 2 is 2.09 bits per heavy atom. The monoisotopic (exact) mass is 354 g/mol. The molecule has 0 saturated carbocycles. The van der Waals surface area contributed by atoms with Crippen LogP contribution in [0, 0.1) is 0 Å². The number of piperidine rings is 1. The molecule has 0 aliphatic carbocycles. The Morgan fingerprint density at radius 3 is 2.74 bits per heavy atom. The predicted molar refractivity (Wildman–Crippen MR) is 95.9 cm³/mol. The molecule has 2 aliphatic heterocycles. The zero-order chi connectivity index (χ0) is 16.6. The first-order valence-electron chi connectivity index (χ1n) is 8.25. The Labute approximate surface area is 148 Å². The number of halogens is 2. The van der Waals surface area contributed by atoms with Gasteiger partial charge in [0.2, 0.25) is 0 Å². The van der Waals surface area contributed by atoms with Gasteiger partial charge in [0.25, 0.3) is 0 Å². The SMILES string of the molecule is CCC(NOC)=C1[C@@H](c2ccc(Cl)c(Cl)c2)CC2CC[C@@H]1N2C. The average Bonchev–Trinajstić information content (AvgIpc) is 2.78. The largest absolute Gasteiger partial charge is 0.297 e. The number of hydroxylamine groups is 1. The lowest BCUT2D eigenvalue weighted by molar-refractivity contribution is 0.110. The molecular formula is C18H24Cl2N2O. The third kappa shape index (κ3) is 3.12. The number of nitrogens with one attached hydrogen (secondary N) is 1. The molecule has 3 rings (SSSR count). The van der Waals surface area contributed by atoms with E-state index >= 15 is 0 Å². The lowest BCUT2D eigenvalue weighted by Crippen LogP contribution is -2.42. The van der Waals surface area contributed by atoms with Crippen molar-refractivity contribution in [2.24, 2.45) is 0 Å². The molecule has 1 N–H and O–H groups in total. The molecule has 126 valence electrons. The lowest BCUT2D eigenvalue weighted by Gasteiger charge is -2.40. The standard InChI is InChI=1S/C18H24Cl2N2O/c1-4-16(21-23-3)18-13(10-12-6-8-17(18)22(12)2)11-5-7-14(19)15(20)9-11/h5,7,9,12-13,17,21H,4,6,8,10H2,1-3H3/t12?,13-,17+/m1/s1. The highest BCUT2D eigenvalue weighted by Crippen LogP contribution is 2.47. The van der Waals surface area contributed by atoms with E-state index in [1.165, 1.54) is 29.7 Å². The number of hydrogen-bond donors (Lipinski definition) is 1. The molecule has 1 aromatic rings. The van der Waals surface area contributed by atoms with E-state index in [1.54, 1.807) is 7.11 Å². The molecule has 0 spiro atoms. The van der Waals surface area contributed by atoms with Gasteiger partial charge in [-0.05, 0) is 56.0 Å². The van der Waals surface area contributed by atoms with Gasteiger partial charge < -0.3 is 0 Å². The summed E-state index contributed by atoms with van der Waals surface area (Å²) in [6.45, 7) is 2.17. The second kappa shape index (κ2) is 7.02. The molecule has 1 aromatic carbocycles. The van der Waals surface area contributed by atoms with Crippen LogP contribution in [-0.4, -0.2) is 31.1 Å². The highest BCUT2D eigenvalue weighted by Gasteiger charge is 2.43. The maximum atomic E-state index is 6.27. The molecule has 5 heteroatoms. The summed E-state index contributed by atoms with van der Waals surface area (Å²) in [6, 6.07) is 7.17. The van der Waals surface area contributed by atoms with Crippen molar-refractivity contribution in [3.8, 4) is 0 Å². The third-order valence-corrected chi connectivity index (χ3v) is 6.10. The number of likely N-dealkylation sites (N-methyl/N-ethyl adjacent to an activating group) is 1. The van der Waals surface area contributed by atoms with Crippen molar-refractivity contribution in [1.82, 2.24) is 10.4 Å². The van der Waals surface area contributed by atoms with Gasteiger partial charge in [0.05, 0.1) is 17.2 Å². The molecular weight excluding hydrogens is 331 g/mol. The van der Waals surface area contributed by atoms with Crippen molar-refractivity contribution >= 4 is 23.2 Å². The maximum Gasteiger partial charge on any atom is 0.0636 e. The lowest BCUT2D eigenvalue weighted by atomic mass is 9.79. The number of hydrogen-bond acceptors (Lipinski definition) is 3. The highest BCUT2D eigenvalue weighted by atomic mass is 35.5. The zero-order valence-corrected chi connectivity index (χ0v) is 15.4. The first kappa shape index (κ1) is 17.1. The van der Waals surface area contributed by atoms with Crippen molar-refractivity contribution in [3.63, 3.8) is 0 Å². The van der Waals surface area contributed by atoms with Crippen LogP contribution in [0.3, 0.4) is 0 Å². The third-order valence-electron chi connectivity index (χ3n) is 5.36. The summed E-state index contributed by atoms with van der Waals surface area (Å²) >= 11 is 12.4. The van der Waals surface area contributed by atoms with Gasteiger partial charge in [-0.25, -0.2) is 0 Å². The summed E-state index contributed by atoms with van der Waals surface area (Å²) in [5.74, 6) is 0.371. The minimum Gasteiger partial charge on any atom is -0.297 e. The van der Waals surface area contributed by atoms with E-state index < -0.39 is 0 Å². The highest BCUT2D eigenvalue weighted by molar-refractivity contribution is 6.42. The van der Waals surface area contributed by atoms with Crippen molar-refractivity contribution in [2.45, 2.75) is 50.6 Å². The van der Waals surface area contributed by atoms with Gasteiger partial charge in [0, 0.05) is 23.7 Å². The minimum absolute atomic E-state index is 0.371. The van der Waals surface area contributed by atoms with Crippen molar-refractivity contribution < 1.29 is 4.84 Å². The number of fused-ring (bicyclic) bond motifs is 2. The van der Waals surface area contributed by atoms with Crippen molar-refractivity contribution in [2.75, 3.05) is 14.2 Å². The summed E-state index contributed by atoms with van der Waals surface area (Å²) in [4.78, 5) is 7.77. The van der Waals surface area contributed by atoms with Crippen LogP contribution in [0.5, 0.6) is 0 Å². The number of rotatable bonds is 4. The van der Waals surface area contributed by atoms with E-state index in [1.807, 2.05) is 12.1 Å². The molecule has 2 fully saturated rings. The number of allylic oxidation sites excluding steroid dienone is 1. The van der Waals surface area contributed by atoms with Gasteiger partial charge in [-0.3, -0.25) is 15.2 Å². The van der Waals surface area contributed by atoms with Crippen LogP contribution < -0.4 is 5.48 Å². The van der Waals surface area contributed by atoms with Gasteiger partial charge in [-0.1, -0.05) is 36.2 Å². The van der Waals surface area contributed by atoms with Crippen molar-refractivity contribution in [1.29, 1.82) is 0 Å². The Morgan fingerprint density at radius 1 is 1.30 bits per heavy atom. The molecule has 1 unspecified atom stereocenters. The molecule has 2 aliphatic rings. The molecule has 0 amide bonds. The van der Waals surface area contributed by atoms with E-state index in [0.717, 1.165) is 12.8 Å². The number of nitrogens with zero attached hydrogens (tertiary/aromatic N) is 1. The summed E-state index contributed by atoms with van der Waals surface area (Å²) in [5, 5.41) is 1.25. The van der Waals surface area contributed by atoms with E-state index in [2.05, 4.69) is 30.4 Å². The Kier molecular flexibility index (Phi) is 5.22. The van der Waals surface area contributed by atoms with Crippen LogP contribution in [0.4, 0.5) is 0 Å². The zero-order valence-electron chi connectivity index (χ0n) is 13.9. The van der Waals surface area contributed by atoms with Crippen molar-refractivity contribution in [3.05, 3.63) is 45.1 Å². The average molecular weight is 355 g/mol. The molecule has 23 heavy (non-hydrogen) atoms. The summed E-state index contributed by atoms with van der Waals surface area (Å²) < 4.78 is 0. The fraction of sp³-hybridized carbons (Fsp3) is 0.556. The normalized spacial score (nSPS) is 29.7. The Bertz CT molecular complexity index is 617. The quantitative estimate of drug-likeness (QED) is 0.789. The van der Waals surface area contributed by atoms with E-state index in [0.29, 0.717) is 28.0 Å². The smallest absolute Gasteiger partial charge is 0.0636 e. The molecule has 3 atom stereocenters. The predicted octanol–water partition coefficient (Wildman–Crippen LogP) is 4.76. The molecule has 3 nitrogen and oxygen atoms in total. The van der Waals surface area contributed by atoms with Gasteiger partial charge in [-0.15, -0.1) is 0 Å². The summed E-state index contributed by atoms with van der Waals surface area (Å²) in [5.41, 5.74) is 7.02. The van der Waals surface area contributed by atoms with Crippen LogP contribution in [0.2, 0.25) is 10.0 Å². The van der Waals surface area contributed by atoms with Crippen LogP contribution >= 0.6 is 23.2 Å².